The first-order valence-corrected chi connectivity index (χ1v) is 8.87. The molecule has 2 amide bonds. The molecule has 0 saturated carbocycles. The van der Waals surface area contributed by atoms with E-state index >= 15 is 0 Å². The zero-order valence-corrected chi connectivity index (χ0v) is 14.5. The maximum absolute atomic E-state index is 12.5. The molecule has 2 aliphatic rings. The first-order valence-electron chi connectivity index (χ1n) is 8.87. The minimum absolute atomic E-state index is 0.0288. The molecule has 2 aliphatic heterocycles. The van der Waals surface area contributed by atoms with Crippen molar-refractivity contribution in [3.63, 3.8) is 0 Å². The van der Waals surface area contributed by atoms with Crippen molar-refractivity contribution in [2.45, 2.75) is 31.5 Å². The number of urea groups is 1. The van der Waals surface area contributed by atoms with E-state index in [0.717, 1.165) is 17.8 Å². The van der Waals surface area contributed by atoms with Crippen LogP contribution in [0, 0.1) is 0 Å². The molecular weight excluding hydrogens is 320 g/mol. The fourth-order valence-corrected chi connectivity index (χ4v) is 3.66. The molecule has 0 aliphatic carbocycles. The number of hydrogen-bond acceptors (Lipinski definition) is 4. The zero-order chi connectivity index (χ0) is 17.3. The van der Waals surface area contributed by atoms with Gasteiger partial charge in [-0.1, -0.05) is 6.07 Å². The average Bonchev–Trinajstić information content (AvgIpc) is 3.18. The van der Waals surface area contributed by atoms with Crippen LogP contribution in [0.5, 0.6) is 0 Å². The Morgan fingerprint density at radius 3 is 3.16 bits per heavy atom. The van der Waals surface area contributed by atoms with Gasteiger partial charge in [-0.25, -0.2) is 9.78 Å². The van der Waals surface area contributed by atoms with Gasteiger partial charge in [-0.3, -0.25) is 0 Å². The van der Waals surface area contributed by atoms with E-state index in [-0.39, 0.29) is 17.7 Å². The molecule has 1 N–H and O–H groups in total. The second-order valence-corrected chi connectivity index (χ2v) is 6.78. The van der Waals surface area contributed by atoms with Crippen molar-refractivity contribution >= 4 is 11.7 Å². The number of fused-ring (bicyclic) bond motifs is 1. The normalized spacial score (nSPS) is 26.4. The fourth-order valence-electron chi connectivity index (χ4n) is 3.66. The summed E-state index contributed by atoms with van der Waals surface area (Å²) in [4.78, 5) is 18.9. The highest BCUT2D eigenvalue weighted by Gasteiger charge is 2.46. The van der Waals surface area contributed by atoms with Crippen molar-refractivity contribution in [1.29, 1.82) is 0 Å². The lowest BCUT2D eigenvalue weighted by molar-refractivity contribution is -0.125. The van der Waals surface area contributed by atoms with Gasteiger partial charge in [-0.05, 0) is 19.1 Å². The van der Waals surface area contributed by atoms with Gasteiger partial charge in [-0.2, -0.15) is 0 Å². The smallest absolute Gasteiger partial charge is 0.317 e. The van der Waals surface area contributed by atoms with Crippen LogP contribution in [0.3, 0.4) is 0 Å². The second kappa shape index (κ2) is 6.65. The third-order valence-corrected chi connectivity index (χ3v) is 5.20. The maximum atomic E-state index is 12.5. The highest BCUT2D eigenvalue weighted by molar-refractivity contribution is 5.74. The molecule has 7 heteroatoms. The molecule has 1 spiro atoms. The summed E-state index contributed by atoms with van der Waals surface area (Å²) in [5.74, 6) is 0. The third kappa shape index (κ3) is 3.21. The number of aromatic nitrogens is 2. The van der Waals surface area contributed by atoms with E-state index in [0.29, 0.717) is 39.3 Å². The Balaban J connectivity index is 1.31. The Hall–Kier alpha value is -2.12. The van der Waals surface area contributed by atoms with Crippen molar-refractivity contribution in [3.05, 3.63) is 36.3 Å². The van der Waals surface area contributed by atoms with Gasteiger partial charge in [0.2, 0.25) is 0 Å². The fraction of sp³-hybridized carbons (Fsp3) is 0.556. The van der Waals surface area contributed by atoms with Crippen LogP contribution in [0.2, 0.25) is 0 Å². The lowest BCUT2D eigenvalue weighted by atomic mass is 9.94. The zero-order valence-electron chi connectivity index (χ0n) is 14.5. The van der Waals surface area contributed by atoms with E-state index in [9.17, 15) is 4.79 Å². The first-order chi connectivity index (χ1) is 12.2. The van der Waals surface area contributed by atoms with E-state index in [1.807, 2.05) is 46.8 Å². The summed E-state index contributed by atoms with van der Waals surface area (Å²) in [5, 5.41) is 3.01. The van der Waals surface area contributed by atoms with E-state index in [1.165, 1.54) is 0 Å². The molecule has 2 aromatic heterocycles. The Labute approximate surface area is 146 Å². The predicted octanol–water partition coefficient (Wildman–Crippen LogP) is 1.47. The summed E-state index contributed by atoms with van der Waals surface area (Å²) in [7, 11) is 0. The van der Waals surface area contributed by atoms with Crippen molar-refractivity contribution in [3.8, 4) is 0 Å². The Morgan fingerprint density at radius 1 is 1.44 bits per heavy atom. The van der Waals surface area contributed by atoms with Crippen molar-refractivity contribution in [2.75, 3.05) is 32.8 Å². The van der Waals surface area contributed by atoms with Crippen molar-refractivity contribution in [1.82, 2.24) is 19.6 Å². The van der Waals surface area contributed by atoms with Gasteiger partial charge in [0.1, 0.15) is 11.2 Å². The van der Waals surface area contributed by atoms with Crippen LogP contribution in [-0.2, 0) is 15.9 Å². The molecule has 2 atom stereocenters. The molecule has 0 radical (unpaired) electrons. The predicted molar refractivity (Wildman–Crippen MR) is 92.6 cm³/mol. The molecule has 2 aromatic rings. The molecule has 7 nitrogen and oxygen atoms in total. The monoisotopic (exact) mass is 344 g/mol. The number of rotatable bonds is 3. The molecule has 0 unspecified atom stereocenters. The second-order valence-electron chi connectivity index (χ2n) is 6.78. The molecule has 2 fully saturated rings. The number of pyridine rings is 1. The third-order valence-electron chi connectivity index (χ3n) is 5.20. The SMILES string of the molecule is C[C@@H]1OCC[C@@]12CN(C(=O)NCCc1cn3ccccc3n1)CCO2. The number of hydrogen-bond donors (Lipinski definition) is 1. The molecular formula is C18H24N4O3. The maximum Gasteiger partial charge on any atom is 0.317 e. The quantitative estimate of drug-likeness (QED) is 0.915. The van der Waals surface area contributed by atoms with Crippen LogP contribution in [0.25, 0.3) is 5.65 Å². The topological polar surface area (TPSA) is 68.1 Å². The lowest BCUT2D eigenvalue weighted by Crippen LogP contribution is -2.58. The molecule has 2 saturated heterocycles. The molecule has 134 valence electrons. The average molecular weight is 344 g/mol. The van der Waals surface area contributed by atoms with Crippen LogP contribution in [0.15, 0.2) is 30.6 Å². The van der Waals surface area contributed by atoms with E-state index in [2.05, 4.69) is 10.3 Å². The van der Waals surface area contributed by atoms with Gasteiger partial charge in [0, 0.05) is 44.9 Å². The van der Waals surface area contributed by atoms with Crippen LogP contribution >= 0.6 is 0 Å². The summed E-state index contributed by atoms with van der Waals surface area (Å²) in [6.45, 7) is 5.07. The minimum atomic E-state index is -0.336. The summed E-state index contributed by atoms with van der Waals surface area (Å²) >= 11 is 0. The molecule has 4 heterocycles. The first kappa shape index (κ1) is 16.4. The number of ether oxygens (including phenoxy) is 2. The highest BCUT2D eigenvalue weighted by Crippen LogP contribution is 2.32. The highest BCUT2D eigenvalue weighted by atomic mass is 16.6. The number of nitrogens with one attached hydrogen (secondary N) is 1. The van der Waals surface area contributed by atoms with E-state index < -0.39 is 0 Å². The van der Waals surface area contributed by atoms with Crippen LogP contribution in [0.1, 0.15) is 19.0 Å². The molecule has 25 heavy (non-hydrogen) atoms. The van der Waals surface area contributed by atoms with Crippen molar-refractivity contribution in [2.24, 2.45) is 0 Å². The Bertz CT molecular complexity index is 729. The number of carbonyl (C=O) groups excluding carboxylic acids is 1. The summed E-state index contributed by atoms with van der Waals surface area (Å²) in [5.41, 5.74) is 1.56. The minimum Gasteiger partial charge on any atom is -0.375 e. The largest absolute Gasteiger partial charge is 0.375 e. The lowest BCUT2D eigenvalue weighted by Gasteiger charge is -2.41. The van der Waals surface area contributed by atoms with Crippen LogP contribution in [-0.4, -0.2) is 64.9 Å². The molecule has 0 bridgehead atoms. The van der Waals surface area contributed by atoms with Crippen LogP contribution < -0.4 is 5.32 Å². The molecule has 0 aromatic carbocycles. The van der Waals surface area contributed by atoms with Crippen molar-refractivity contribution < 1.29 is 14.3 Å². The van der Waals surface area contributed by atoms with Gasteiger partial charge in [0.25, 0.3) is 0 Å². The summed E-state index contributed by atoms with van der Waals surface area (Å²) in [6, 6.07) is 5.88. The molecule has 4 rings (SSSR count). The van der Waals surface area contributed by atoms with Gasteiger partial charge < -0.3 is 24.1 Å². The number of imidazole rings is 1. The Morgan fingerprint density at radius 2 is 2.36 bits per heavy atom. The Kier molecular flexibility index (Phi) is 4.35. The number of nitrogens with zero attached hydrogens (tertiary/aromatic N) is 3. The van der Waals surface area contributed by atoms with Gasteiger partial charge in [0.15, 0.2) is 0 Å². The van der Waals surface area contributed by atoms with E-state index in [4.69, 9.17) is 9.47 Å². The van der Waals surface area contributed by atoms with Crippen LogP contribution in [0.4, 0.5) is 4.79 Å². The standard InChI is InChI=1S/C18H24N4O3/c1-14-18(6-10-24-14)13-22(9-11-25-18)17(23)19-7-5-15-12-21-8-3-2-4-16(21)20-15/h2-4,8,12,14H,5-7,9-11,13H2,1H3,(H,19,23)/t14-,18+/m0/s1. The summed E-state index contributed by atoms with van der Waals surface area (Å²) < 4.78 is 13.6. The number of carbonyl (C=O) groups is 1. The number of morpholine rings is 1. The van der Waals surface area contributed by atoms with Gasteiger partial charge >= 0.3 is 6.03 Å². The number of amides is 2. The van der Waals surface area contributed by atoms with Gasteiger partial charge in [-0.15, -0.1) is 0 Å². The summed E-state index contributed by atoms with van der Waals surface area (Å²) in [6.07, 6.45) is 5.56. The van der Waals surface area contributed by atoms with E-state index in [1.54, 1.807) is 0 Å². The van der Waals surface area contributed by atoms with Gasteiger partial charge in [0.05, 0.1) is 24.9 Å².